The van der Waals surface area contributed by atoms with E-state index < -0.39 is 36.1 Å². The van der Waals surface area contributed by atoms with Crippen molar-refractivity contribution in [3.05, 3.63) is 99.0 Å². The van der Waals surface area contributed by atoms with E-state index in [-0.39, 0.29) is 18.8 Å². The Morgan fingerprint density at radius 2 is 1.69 bits per heavy atom. The lowest BCUT2D eigenvalue weighted by molar-refractivity contribution is -0.0581. The number of carbonyl (C=O) groups excluding carboxylic acids is 2. The van der Waals surface area contributed by atoms with E-state index in [9.17, 15) is 14.4 Å². The molecule has 0 saturated carbocycles. The van der Waals surface area contributed by atoms with Gasteiger partial charge in [0.2, 0.25) is 0 Å². The maximum absolute atomic E-state index is 12.9. The fourth-order valence-corrected chi connectivity index (χ4v) is 4.84. The molecule has 0 amide bonds. The first kappa shape index (κ1) is 26.3. The van der Waals surface area contributed by atoms with Crippen molar-refractivity contribution in [1.82, 2.24) is 14.5 Å². The summed E-state index contributed by atoms with van der Waals surface area (Å²) in [4.78, 5) is 46.6. The summed E-state index contributed by atoms with van der Waals surface area (Å²) in [5.41, 5.74) is 8.62. The van der Waals surface area contributed by atoms with E-state index >= 15 is 0 Å². The molecule has 3 heterocycles. The fraction of sp³-hybridized carbons (Fsp3) is 0.250. The van der Waals surface area contributed by atoms with Crippen LogP contribution < -0.4 is 11.4 Å². The van der Waals surface area contributed by atoms with E-state index in [1.165, 1.54) is 22.1 Å². The zero-order valence-electron chi connectivity index (χ0n) is 21.3. The molecule has 5 rings (SSSR count). The van der Waals surface area contributed by atoms with Crippen LogP contribution in [0.15, 0.2) is 71.1 Å². The third-order valence-corrected chi connectivity index (χ3v) is 7.15. The van der Waals surface area contributed by atoms with Gasteiger partial charge >= 0.3 is 17.6 Å². The highest BCUT2D eigenvalue weighted by Crippen LogP contribution is 2.33. The molecule has 1 aliphatic heterocycles. The summed E-state index contributed by atoms with van der Waals surface area (Å²) < 4.78 is 18.7. The molecule has 0 unspecified atom stereocenters. The van der Waals surface area contributed by atoms with Crippen LogP contribution in [0.1, 0.15) is 44.5 Å². The molecule has 39 heavy (non-hydrogen) atoms. The van der Waals surface area contributed by atoms with Crippen LogP contribution >= 0.6 is 11.3 Å². The minimum atomic E-state index is -0.844. The average Bonchev–Trinajstić information content (AvgIpc) is 3.59. The van der Waals surface area contributed by atoms with E-state index in [1.807, 2.05) is 38.1 Å². The van der Waals surface area contributed by atoms with Crippen molar-refractivity contribution in [3.8, 4) is 10.6 Å². The summed E-state index contributed by atoms with van der Waals surface area (Å²) in [6.45, 7) is 3.65. The summed E-state index contributed by atoms with van der Waals surface area (Å²) in [6, 6.07) is 13.9. The Balaban J connectivity index is 1.39. The first-order chi connectivity index (χ1) is 18.8. The van der Waals surface area contributed by atoms with Gasteiger partial charge in [-0.15, -0.1) is 11.3 Å². The Morgan fingerprint density at radius 3 is 2.31 bits per heavy atom. The maximum atomic E-state index is 12.9. The van der Waals surface area contributed by atoms with Crippen molar-refractivity contribution < 1.29 is 23.8 Å². The average molecular weight is 547 g/mol. The molecule has 0 bridgehead atoms. The van der Waals surface area contributed by atoms with Crippen molar-refractivity contribution >= 4 is 29.1 Å². The zero-order valence-corrected chi connectivity index (χ0v) is 22.1. The molecule has 2 aromatic heterocycles. The number of esters is 2. The van der Waals surface area contributed by atoms with Crippen molar-refractivity contribution in [1.29, 1.82) is 0 Å². The lowest BCUT2D eigenvalue weighted by atomic mass is 10.1. The van der Waals surface area contributed by atoms with Gasteiger partial charge in [0, 0.05) is 24.2 Å². The molecule has 200 valence electrons. The number of ether oxygens (including phenoxy) is 3. The summed E-state index contributed by atoms with van der Waals surface area (Å²) in [7, 11) is 0. The number of aromatic nitrogens is 3. The highest BCUT2D eigenvalue weighted by molar-refractivity contribution is 7.13. The molecular weight excluding hydrogens is 520 g/mol. The molecule has 3 atom stereocenters. The van der Waals surface area contributed by atoms with Crippen LogP contribution in [0.5, 0.6) is 0 Å². The van der Waals surface area contributed by atoms with Gasteiger partial charge in [-0.3, -0.25) is 4.57 Å². The van der Waals surface area contributed by atoms with Gasteiger partial charge in [0.05, 0.1) is 16.7 Å². The Hall–Kier alpha value is -4.35. The topological polar surface area (TPSA) is 136 Å². The molecule has 2 N–H and O–H groups in total. The Kier molecular flexibility index (Phi) is 7.53. The number of aryl methyl sites for hydroxylation is 2. The fourth-order valence-electron chi connectivity index (χ4n) is 4.18. The Bertz CT molecular complexity index is 1530. The molecule has 2 aromatic carbocycles. The molecule has 0 aliphatic carbocycles. The van der Waals surface area contributed by atoms with E-state index in [4.69, 9.17) is 19.9 Å². The van der Waals surface area contributed by atoms with Gasteiger partial charge in [-0.1, -0.05) is 35.4 Å². The first-order valence-electron chi connectivity index (χ1n) is 12.2. The maximum Gasteiger partial charge on any atom is 0.351 e. The number of hydrogen-bond donors (Lipinski definition) is 1. The van der Waals surface area contributed by atoms with Crippen molar-refractivity contribution in [3.63, 3.8) is 0 Å². The molecular formula is C28H26N4O6S. The van der Waals surface area contributed by atoms with Crippen molar-refractivity contribution in [2.45, 2.75) is 38.7 Å². The van der Waals surface area contributed by atoms with E-state index in [0.717, 1.165) is 11.1 Å². The Labute approximate surface area is 228 Å². The number of benzene rings is 2. The van der Waals surface area contributed by atoms with E-state index in [2.05, 4.69) is 9.97 Å². The van der Waals surface area contributed by atoms with E-state index in [0.29, 0.717) is 21.7 Å². The molecule has 10 nitrogen and oxygen atoms in total. The first-order valence-corrected chi connectivity index (χ1v) is 13.1. The summed E-state index contributed by atoms with van der Waals surface area (Å²) >= 11 is 1.35. The predicted octanol–water partition coefficient (Wildman–Crippen LogP) is 3.94. The molecule has 1 aliphatic rings. The number of nitrogens with two attached hydrogens (primary N) is 1. The zero-order chi connectivity index (χ0) is 27.5. The van der Waals surface area contributed by atoms with Crippen LogP contribution in [0.3, 0.4) is 0 Å². The van der Waals surface area contributed by atoms with Crippen molar-refractivity contribution in [2.75, 3.05) is 12.3 Å². The SMILES string of the molecule is Cc1ccc(C(=O)OC[C@H]2O[C@@H](n3cc(-c4nccs4)c(N)nc3=O)C[C@@H]2OC(=O)c2ccc(C)cc2)cc1. The number of thiazole rings is 1. The minimum absolute atomic E-state index is 0.0510. The van der Waals surface area contributed by atoms with Gasteiger partial charge in [-0.2, -0.15) is 4.98 Å². The number of anilines is 1. The van der Waals surface area contributed by atoms with Gasteiger partial charge in [0.15, 0.2) is 0 Å². The quantitative estimate of drug-likeness (QED) is 0.342. The summed E-state index contributed by atoms with van der Waals surface area (Å²) in [6.07, 6.45) is 0.818. The van der Waals surface area contributed by atoms with Gasteiger partial charge in [0.25, 0.3) is 0 Å². The molecule has 11 heteroatoms. The highest BCUT2D eigenvalue weighted by Gasteiger charge is 2.40. The van der Waals surface area contributed by atoms with Crippen LogP contribution in [0.2, 0.25) is 0 Å². The summed E-state index contributed by atoms with van der Waals surface area (Å²) in [5.74, 6) is -1.04. The number of rotatable bonds is 7. The van der Waals surface area contributed by atoms with Crippen molar-refractivity contribution in [2.24, 2.45) is 0 Å². The largest absolute Gasteiger partial charge is 0.459 e. The second-order valence-electron chi connectivity index (χ2n) is 9.21. The Morgan fingerprint density at radius 1 is 1.05 bits per heavy atom. The third-order valence-electron chi connectivity index (χ3n) is 6.35. The van der Waals surface area contributed by atoms with Crippen LogP contribution in [0.4, 0.5) is 5.82 Å². The molecule has 4 aromatic rings. The minimum Gasteiger partial charge on any atom is -0.459 e. The smallest absolute Gasteiger partial charge is 0.351 e. The molecule has 1 fully saturated rings. The van der Waals surface area contributed by atoms with Gasteiger partial charge in [0.1, 0.15) is 35.9 Å². The molecule has 0 spiro atoms. The van der Waals surface area contributed by atoms with Gasteiger partial charge in [-0.25, -0.2) is 19.4 Å². The van der Waals surface area contributed by atoms with Gasteiger partial charge < -0.3 is 19.9 Å². The molecule has 0 radical (unpaired) electrons. The van der Waals surface area contributed by atoms with Crippen LogP contribution in [0.25, 0.3) is 10.6 Å². The van der Waals surface area contributed by atoms with Crippen LogP contribution in [0, 0.1) is 13.8 Å². The lowest BCUT2D eigenvalue weighted by Crippen LogP contribution is -2.32. The van der Waals surface area contributed by atoms with Gasteiger partial charge in [-0.05, 0) is 38.1 Å². The second kappa shape index (κ2) is 11.2. The predicted molar refractivity (Wildman–Crippen MR) is 144 cm³/mol. The monoisotopic (exact) mass is 546 g/mol. The lowest BCUT2D eigenvalue weighted by Gasteiger charge is -2.19. The molecule has 1 saturated heterocycles. The number of nitrogen functional groups attached to an aromatic ring is 1. The van der Waals surface area contributed by atoms with E-state index in [1.54, 1.807) is 35.8 Å². The highest BCUT2D eigenvalue weighted by atomic mass is 32.1. The normalized spacial score (nSPS) is 18.6. The number of carbonyl (C=O) groups is 2. The number of hydrogen-bond acceptors (Lipinski definition) is 10. The third kappa shape index (κ3) is 5.89. The summed E-state index contributed by atoms with van der Waals surface area (Å²) in [5, 5.41) is 2.38. The standard InChI is InChI=1S/C28H26N4O6S/c1-16-3-7-18(8-4-16)26(33)36-15-22-21(38-27(34)19-9-5-17(2)6-10-19)13-23(37-22)32-14-20(24(29)31-28(32)35)25-30-11-12-39-25/h3-12,14,21-23H,13,15H2,1-2H3,(H2,29,31,35)/t21-,22+,23+/m0/s1. The van der Waals surface area contributed by atoms with Crippen LogP contribution in [-0.4, -0.2) is 45.3 Å². The number of nitrogens with zero attached hydrogens (tertiary/aromatic N) is 3. The second-order valence-corrected chi connectivity index (χ2v) is 10.1. The van der Waals surface area contributed by atoms with Crippen LogP contribution in [-0.2, 0) is 14.2 Å².